The van der Waals surface area contributed by atoms with E-state index in [1.54, 1.807) is 12.4 Å². The van der Waals surface area contributed by atoms with E-state index in [0.717, 1.165) is 31.4 Å². The van der Waals surface area contributed by atoms with Gasteiger partial charge in [-0.1, -0.05) is 0 Å². The number of hydrogen-bond acceptors (Lipinski definition) is 3. The Bertz CT molecular complexity index is 268. The normalized spacial score (nSPS) is 20.1. The van der Waals surface area contributed by atoms with E-state index >= 15 is 0 Å². The molecule has 1 saturated carbocycles. The first kappa shape index (κ1) is 8.51. The van der Waals surface area contributed by atoms with Crippen LogP contribution in [0.1, 0.15) is 25.7 Å². The highest BCUT2D eigenvalue weighted by molar-refractivity contribution is 5.42. The van der Waals surface area contributed by atoms with Gasteiger partial charge in [-0.2, -0.15) is 0 Å². The van der Waals surface area contributed by atoms with Crippen LogP contribution in [0.2, 0.25) is 0 Å². The largest absolute Gasteiger partial charge is 0.371 e. The molecular formula is C10H14N2O. The Morgan fingerprint density at radius 2 is 1.85 bits per heavy atom. The van der Waals surface area contributed by atoms with Gasteiger partial charge in [-0.15, -0.1) is 0 Å². The molecule has 70 valence electrons. The fourth-order valence-electron chi connectivity index (χ4n) is 1.79. The van der Waals surface area contributed by atoms with Crippen molar-refractivity contribution >= 4 is 5.69 Å². The molecule has 0 bridgehead atoms. The van der Waals surface area contributed by atoms with Gasteiger partial charge in [0.1, 0.15) is 5.72 Å². The smallest absolute Gasteiger partial charge is 0.135 e. The summed E-state index contributed by atoms with van der Waals surface area (Å²) in [6.07, 6.45) is 7.34. The van der Waals surface area contributed by atoms with Crippen molar-refractivity contribution in [1.29, 1.82) is 0 Å². The summed E-state index contributed by atoms with van der Waals surface area (Å²) in [5.74, 6) is 0. The molecule has 1 aromatic heterocycles. The summed E-state index contributed by atoms with van der Waals surface area (Å²) in [6.45, 7) is 0. The predicted octanol–water partition coefficient (Wildman–Crippen LogP) is 1.76. The van der Waals surface area contributed by atoms with Gasteiger partial charge in [0.15, 0.2) is 0 Å². The Morgan fingerprint density at radius 3 is 2.46 bits per heavy atom. The third-order valence-electron chi connectivity index (χ3n) is 2.49. The maximum Gasteiger partial charge on any atom is 0.135 e. The Labute approximate surface area is 77.8 Å². The minimum absolute atomic E-state index is 0.679. The van der Waals surface area contributed by atoms with E-state index in [-0.39, 0.29) is 0 Å². The van der Waals surface area contributed by atoms with Gasteiger partial charge < -0.3 is 10.4 Å². The van der Waals surface area contributed by atoms with E-state index in [1.165, 1.54) is 0 Å². The highest BCUT2D eigenvalue weighted by atomic mass is 16.3. The molecule has 0 aromatic carbocycles. The van der Waals surface area contributed by atoms with E-state index in [0.29, 0.717) is 0 Å². The van der Waals surface area contributed by atoms with Crippen molar-refractivity contribution in [2.24, 2.45) is 0 Å². The van der Waals surface area contributed by atoms with Crippen LogP contribution in [-0.4, -0.2) is 15.8 Å². The van der Waals surface area contributed by atoms with Crippen LogP contribution >= 0.6 is 0 Å². The lowest BCUT2D eigenvalue weighted by atomic mass is 10.2. The van der Waals surface area contributed by atoms with E-state index < -0.39 is 5.72 Å². The highest BCUT2D eigenvalue weighted by Gasteiger charge is 2.30. The molecule has 0 atom stereocenters. The molecule has 0 saturated heterocycles. The molecule has 1 fully saturated rings. The Balaban J connectivity index is 2.05. The number of nitrogens with zero attached hydrogens (tertiary/aromatic N) is 1. The monoisotopic (exact) mass is 178 g/mol. The van der Waals surface area contributed by atoms with E-state index in [1.807, 2.05) is 12.1 Å². The number of nitrogens with one attached hydrogen (secondary N) is 1. The van der Waals surface area contributed by atoms with Crippen molar-refractivity contribution in [3.8, 4) is 0 Å². The Kier molecular flexibility index (Phi) is 2.19. The van der Waals surface area contributed by atoms with Crippen LogP contribution in [0, 0.1) is 0 Å². The topological polar surface area (TPSA) is 45.1 Å². The first-order chi connectivity index (χ1) is 6.29. The van der Waals surface area contributed by atoms with Crippen LogP contribution in [0.25, 0.3) is 0 Å². The second-order valence-electron chi connectivity index (χ2n) is 3.60. The van der Waals surface area contributed by atoms with Crippen molar-refractivity contribution < 1.29 is 5.11 Å². The van der Waals surface area contributed by atoms with Gasteiger partial charge in [0.2, 0.25) is 0 Å². The van der Waals surface area contributed by atoms with Crippen LogP contribution < -0.4 is 5.32 Å². The summed E-state index contributed by atoms with van der Waals surface area (Å²) in [5.41, 5.74) is 0.265. The summed E-state index contributed by atoms with van der Waals surface area (Å²) in [4.78, 5) is 3.92. The van der Waals surface area contributed by atoms with E-state index in [4.69, 9.17) is 0 Å². The average molecular weight is 178 g/mol. The lowest BCUT2D eigenvalue weighted by Crippen LogP contribution is -2.34. The summed E-state index contributed by atoms with van der Waals surface area (Å²) in [6, 6.07) is 3.74. The molecule has 2 rings (SSSR count). The summed E-state index contributed by atoms with van der Waals surface area (Å²) in [5, 5.41) is 13.1. The number of anilines is 1. The first-order valence-electron chi connectivity index (χ1n) is 4.69. The minimum Gasteiger partial charge on any atom is -0.371 e. The molecule has 13 heavy (non-hydrogen) atoms. The van der Waals surface area contributed by atoms with Crippen LogP contribution in [0.4, 0.5) is 5.69 Å². The fourth-order valence-corrected chi connectivity index (χ4v) is 1.79. The van der Waals surface area contributed by atoms with Gasteiger partial charge in [-0.25, -0.2) is 0 Å². The summed E-state index contributed by atoms with van der Waals surface area (Å²) in [7, 11) is 0. The van der Waals surface area contributed by atoms with E-state index in [2.05, 4.69) is 10.3 Å². The maximum atomic E-state index is 10.0. The third kappa shape index (κ3) is 1.98. The number of aliphatic hydroxyl groups is 1. The number of hydrogen-bond donors (Lipinski definition) is 2. The maximum absolute atomic E-state index is 10.0. The van der Waals surface area contributed by atoms with Gasteiger partial charge in [0.05, 0.1) is 0 Å². The molecule has 0 unspecified atom stereocenters. The Hall–Kier alpha value is -1.09. The zero-order valence-corrected chi connectivity index (χ0v) is 7.53. The third-order valence-corrected chi connectivity index (χ3v) is 2.49. The summed E-state index contributed by atoms with van der Waals surface area (Å²) >= 11 is 0. The van der Waals surface area contributed by atoms with Gasteiger partial charge in [-0.05, 0) is 37.8 Å². The quantitative estimate of drug-likeness (QED) is 0.678. The number of aromatic nitrogens is 1. The molecule has 3 nitrogen and oxygen atoms in total. The molecule has 1 aromatic rings. The van der Waals surface area contributed by atoms with Crippen LogP contribution in [0.3, 0.4) is 0 Å². The first-order valence-corrected chi connectivity index (χ1v) is 4.69. The van der Waals surface area contributed by atoms with Gasteiger partial charge in [-0.3, -0.25) is 4.98 Å². The second kappa shape index (κ2) is 3.34. The molecule has 3 heteroatoms. The predicted molar refractivity (Wildman–Crippen MR) is 51.3 cm³/mol. The molecule has 0 spiro atoms. The lowest BCUT2D eigenvalue weighted by Gasteiger charge is -2.24. The molecular weight excluding hydrogens is 164 g/mol. The van der Waals surface area contributed by atoms with Gasteiger partial charge in [0, 0.05) is 18.1 Å². The highest BCUT2D eigenvalue weighted by Crippen LogP contribution is 2.30. The molecule has 0 amide bonds. The average Bonchev–Trinajstić information content (AvgIpc) is 2.54. The second-order valence-corrected chi connectivity index (χ2v) is 3.60. The molecule has 1 aliphatic carbocycles. The summed E-state index contributed by atoms with van der Waals surface area (Å²) < 4.78 is 0. The SMILES string of the molecule is OC1(Nc2ccncc2)CCCC1. The standard InChI is InChI=1S/C10H14N2O/c13-10(5-1-2-6-10)12-9-3-7-11-8-4-9/h3-4,7-8,13H,1-2,5-6H2,(H,11,12). The zero-order chi connectivity index (χ0) is 9.15. The van der Waals surface area contributed by atoms with Crippen molar-refractivity contribution in [3.05, 3.63) is 24.5 Å². The molecule has 1 heterocycles. The Morgan fingerprint density at radius 1 is 1.23 bits per heavy atom. The number of rotatable bonds is 2. The van der Waals surface area contributed by atoms with Crippen LogP contribution in [0.15, 0.2) is 24.5 Å². The minimum atomic E-state index is -0.679. The van der Waals surface area contributed by atoms with Crippen LogP contribution in [0.5, 0.6) is 0 Å². The lowest BCUT2D eigenvalue weighted by molar-refractivity contribution is 0.0779. The molecule has 1 aliphatic rings. The number of pyridine rings is 1. The van der Waals surface area contributed by atoms with Gasteiger partial charge in [0.25, 0.3) is 0 Å². The van der Waals surface area contributed by atoms with E-state index in [9.17, 15) is 5.11 Å². The van der Waals surface area contributed by atoms with Crippen LogP contribution in [-0.2, 0) is 0 Å². The van der Waals surface area contributed by atoms with Crippen molar-refractivity contribution in [3.63, 3.8) is 0 Å². The van der Waals surface area contributed by atoms with Crippen molar-refractivity contribution in [2.45, 2.75) is 31.4 Å². The fraction of sp³-hybridized carbons (Fsp3) is 0.500. The molecule has 0 aliphatic heterocycles. The van der Waals surface area contributed by atoms with Crippen molar-refractivity contribution in [1.82, 2.24) is 4.98 Å². The molecule has 0 radical (unpaired) electrons. The zero-order valence-electron chi connectivity index (χ0n) is 7.53. The molecule has 2 N–H and O–H groups in total. The van der Waals surface area contributed by atoms with Crippen molar-refractivity contribution in [2.75, 3.05) is 5.32 Å². The van der Waals surface area contributed by atoms with Gasteiger partial charge >= 0.3 is 0 Å².